The van der Waals surface area contributed by atoms with E-state index in [0.29, 0.717) is 12.1 Å². The lowest BCUT2D eigenvalue weighted by Gasteiger charge is -2.30. The molecule has 2 aromatic rings. The molecule has 1 heterocycles. The molecule has 0 bridgehead atoms. The fourth-order valence-corrected chi connectivity index (χ4v) is 2.84. The zero-order chi connectivity index (χ0) is 14.8. The topological polar surface area (TPSA) is 29.3 Å². The van der Waals surface area contributed by atoms with E-state index in [1.807, 2.05) is 6.07 Å². The first-order valence-corrected chi connectivity index (χ1v) is 7.13. The third-order valence-electron chi connectivity index (χ3n) is 4.04. The van der Waals surface area contributed by atoms with Crippen LogP contribution in [0.5, 0.6) is 0 Å². The van der Waals surface area contributed by atoms with E-state index < -0.39 is 11.6 Å². The van der Waals surface area contributed by atoms with E-state index in [0.717, 1.165) is 25.6 Å². The Bertz CT molecular complexity index is 642. The molecule has 0 saturated carbocycles. The Morgan fingerprint density at radius 1 is 1.05 bits per heavy atom. The maximum Gasteiger partial charge on any atom is 0.159 e. The van der Waals surface area contributed by atoms with Gasteiger partial charge in [0, 0.05) is 25.7 Å². The molecule has 21 heavy (non-hydrogen) atoms. The molecule has 1 atom stereocenters. The van der Waals surface area contributed by atoms with Crippen LogP contribution in [0.3, 0.4) is 0 Å². The molecule has 1 unspecified atom stereocenters. The number of benzene rings is 2. The third kappa shape index (κ3) is 3.12. The van der Waals surface area contributed by atoms with Crippen LogP contribution in [-0.2, 0) is 13.0 Å². The van der Waals surface area contributed by atoms with Crippen LogP contribution in [0.2, 0.25) is 0 Å². The quantitative estimate of drug-likeness (QED) is 0.940. The SMILES string of the molecule is NC(CN1CCc2ccccc2C1)c1ccc(F)c(F)c1. The van der Waals surface area contributed by atoms with Crippen LogP contribution in [0.25, 0.3) is 0 Å². The Hall–Kier alpha value is -1.78. The Balaban J connectivity index is 1.68. The largest absolute Gasteiger partial charge is 0.323 e. The van der Waals surface area contributed by atoms with Gasteiger partial charge in [0.2, 0.25) is 0 Å². The summed E-state index contributed by atoms with van der Waals surface area (Å²) in [7, 11) is 0. The highest BCUT2D eigenvalue weighted by molar-refractivity contribution is 5.29. The fraction of sp³-hybridized carbons (Fsp3) is 0.294. The van der Waals surface area contributed by atoms with Crippen LogP contribution in [0.1, 0.15) is 22.7 Å². The monoisotopic (exact) mass is 288 g/mol. The molecule has 0 fully saturated rings. The van der Waals surface area contributed by atoms with Gasteiger partial charge in [0.1, 0.15) is 0 Å². The van der Waals surface area contributed by atoms with Gasteiger partial charge >= 0.3 is 0 Å². The van der Waals surface area contributed by atoms with Crippen molar-refractivity contribution in [3.05, 3.63) is 70.8 Å². The van der Waals surface area contributed by atoms with Gasteiger partial charge in [0.05, 0.1) is 0 Å². The van der Waals surface area contributed by atoms with Crippen molar-refractivity contribution in [2.24, 2.45) is 5.73 Å². The van der Waals surface area contributed by atoms with Crippen molar-refractivity contribution in [1.82, 2.24) is 4.90 Å². The third-order valence-corrected chi connectivity index (χ3v) is 4.04. The van der Waals surface area contributed by atoms with Crippen molar-refractivity contribution in [2.45, 2.75) is 19.0 Å². The molecule has 2 N–H and O–H groups in total. The summed E-state index contributed by atoms with van der Waals surface area (Å²) in [6.07, 6.45) is 1.00. The second-order valence-electron chi connectivity index (χ2n) is 5.53. The summed E-state index contributed by atoms with van der Waals surface area (Å²) in [5.74, 6) is -1.68. The highest BCUT2D eigenvalue weighted by Crippen LogP contribution is 2.21. The van der Waals surface area contributed by atoms with Gasteiger partial charge in [-0.05, 0) is 35.2 Å². The van der Waals surface area contributed by atoms with Crippen LogP contribution in [-0.4, -0.2) is 18.0 Å². The Morgan fingerprint density at radius 3 is 2.57 bits per heavy atom. The van der Waals surface area contributed by atoms with Crippen molar-refractivity contribution in [3.8, 4) is 0 Å². The first-order valence-electron chi connectivity index (χ1n) is 7.13. The standard InChI is InChI=1S/C17H18F2N2/c18-15-6-5-13(9-16(15)19)17(20)11-21-8-7-12-3-1-2-4-14(12)10-21/h1-6,9,17H,7-8,10-11,20H2. The lowest BCUT2D eigenvalue weighted by Crippen LogP contribution is -2.36. The molecule has 3 rings (SSSR count). The van der Waals surface area contributed by atoms with Crippen molar-refractivity contribution in [3.63, 3.8) is 0 Å². The zero-order valence-corrected chi connectivity index (χ0v) is 11.7. The minimum absolute atomic E-state index is 0.314. The van der Waals surface area contributed by atoms with E-state index in [9.17, 15) is 8.78 Å². The Labute approximate surface area is 123 Å². The molecule has 0 saturated heterocycles. The van der Waals surface area contributed by atoms with Crippen LogP contribution in [0.4, 0.5) is 8.78 Å². The van der Waals surface area contributed by atoms with Gasteiger partial charge in [-0.2, -0.15) is 0 Å². The second kappa shape index (κ2) is 5.92. The first-order chi connectivity index (χ1) is 10.1. The van der Waals surface area contributed by atoms with Gasteiger partial charge in [-0.25, -0.2) is 8.78 Å². The molecule has 4 heteroatoms. The molecule has 110 valence electrons. The fourth-order valence-electron chi connectivity index (χ4n) is 2.84. The predicted octanol–water partition coefficient (Wildman–Crippen LogP) is 3.02. The average molecular weight is 288 g/mol. The average Bonchev–Trinajstić information content (AvgIpc) is 2.50. The van der Waals surface area contributed by atoms with Crippen molar-refractivity contribution >= 4 is 0 Å². The smallest absolute Gasteiger partial charge is 0.159 e. The van der Waals surface area contributed by atoms with Crippen molar-refractivity contribution < 1.29 is 8.78 Å². The summed E-state index contributed by atoms with van der Waals surface area (Å²) >= 11 is 0. The van der Waals surface area contributed by atoms with Gasteiger partial charge in [-0.15, -0.1) is 0 Å². The van der Waals surface area contributed by atoms with Crippen LogP contribution in [0, 0.1) is 11.6 Å². The molecule has 1 aliphatic heterocycles. The Morgan fingerprint density at radius 2 is 1.81 bits per heavy atom. The normalized spacial score (nSPS) is 16.5. The van der Waals surface area contributed by atoms with Crippen LogP contribution in [0.15, 0.2) is 42.5 Å². The molecular weight excluding hydrogens is 270 g/mol. The van der Waals surface area contributed by atoms with Crippen molar-refractivity contribution in [2.75, 3.05) is 13.1 Å². The molecule has 2 nitrogen and oxygen atoms in total. The molecule has 0 aromatic heterocycles. The lowest BCUT2D eigenvalue weighted by molar-refractivity contribution is 0.239. The van der Waals surface area contributed by atoms with E-state index in [4.69, 9.17) is 5.73 Å². The van der Waals surface area contributed by atoms with Crippen LogP contribution >= 0.6 is 0 Å². The molecule has 1 aliphatic rings. The van der Waals surface area contributed by atoms with Crippen molar-refractivity contribution in [1.29, 1.82) is 0 Å². The number of nitrogens with zero attached hydrogens (tertiary/aromatic N) is 1. The maximum atomic E-state index is 13.3. The van der Waals surface area contributed by atoms with E-state index in [-0.39, 0.29) is 6.04 Å². The number of rotatable bonds is 3. The lowest BCUT2D eigenvalue weighted by atomic mass is 9.99. The highest BCUT2D eigenvalue weighted by atomic mass is 19.2. The van der Waals surface area contributed by atoms with E-state index in [1.165, 1.54) is 17.2 Å². The molecule has 2 aromatic carbocycles. The second-order valence-corrected chi connectivity index (χ2v) is 5.53. The van der Waals surface area contributed by atoms with Gasteiger partial charge in [0.15, 0.2) is 11.6 Å². The minimum Gasteiger partial charge on any atom is -0.323 e. The maximum absolute atomic E-state index is 13.3. The summed E-state index contributed by atoms with van der Waals surface area (Å²) in [5, 5.41) is 0. The molecule has 0 spiro atoms. The molecule has 0 amide bonds. The zero-order valence-electron chi connectivity index (χ0n) is 11.7. The number of hydrogen-bond donors (Lipinski definition) is 1. The molecule has 0 aliphatic carbocycles. The summed E-state index contributed by atoms with van der Waals surface area (Å²) in [6.45, 7) is 2.43. The number of halogens is 2. The van der Waals surface area contributed by atoms with Gasteiger partial charge in [-0.3, -0.25) is 4.90 Å². The number of hydrogen-bond acceptors (Lipinski definition) is 2. The summed E-state index contributed by atoms with van der Waals surface area (Å²) < 4.78 is 26.2. The molecule has 0 radical (unpaired) electrons. The summed E-state index contributed by atoms with van der Waals surface area (Å²) in [4.78, 5) is 2.26. The predicted molar refractivity (Wildman–Crippen MR) is 78.7 cm³/mol. The van der Waals surface area contributed by atoms with Crippen LogP contribution < -0.4 is 5.73 Å². The number of nitrogens with two attached hydrogens (primary N) is 1. The highest BCUT2D eigenvalue weighted by Gasteiger charge is 2.19. The van der Waals surface area contributed by atoms with E-state index in [2.05, 4.69) is 23.1 Å². The summed E-state index contributed by atoms with van der Waals surface area (Å²) in [5.41, 5.74) is 9.47. The summed E-state index contributed by atoms with van der Waals surface area (Å²) in [6, 6.07) is 11.9. The number of fused-ring (bicyclic) bond motifs is 1. The Kier molecular flexibility index (Phi) is 3.99. The first kappa shape index (κ1) is 14.2. The van der Waals surface area contributed by atoms with E-state index in [1.54, 1.807) is 6.07 Å². The van der Waals surface area contributed by atoms with E-state index >= 15 is 0 Å². The molecular formula is C17H18F2N2. The van der Waals surface area contributed by atoms with Gasteiger partial charge < -0.3 is 5.73 Å². The van der Waals surface area contributed by atoms with Gasteiger partial charge in [-0.1, -0.05) is 30.3 Å². The minimum atomic E-state index is -0.841. The van der Waals surface area contributed by atoms with Gasteiger partial charge in [0.25, 0.3) is 0 Å².